The molecule has 8 heteroatoms. The van der Waals surface area contributed by atoms with Gasteiger partial charge in [-0.05, 0) is 37.1 Å². The zero-order valence-electron chi connectivity index (χ0n) is 14.9. The van der Waals surface area contributed by atoms with Crippen LogP contribution in [0.15, 0.2) is 24.3 Å². The van der Waals surface area contributed by atoms with Crippen molar-refractivity contribution in [3.63, 3.8) is 0 Å². The summed E-state index contributed by atoms with van der Waals surface area (Å²) in [5.41, 5.74) is 1.88. The summed E-state index contributed by atoms with van der Waals surface area (Å²) in [6.45, 7) is 2.84. The number of hydrogen-bond donors (Lipinski definition) is 1. The molecule has 0 aliphatic carbocycles. The molecular weight excluding hydrogens is 342 g/mol. The third-order valence-electron chi connectivity index (χ3n) is 4.22. The van der Waals surface area contributed by atoms with Crippen molar-refractivity contribution in [3.8, 4) is 0 Å². The minimum atomic E-state index is -3.35. The number of sulfonamides is 1. The maximum Gasteiger partial charge on any atom is 0.225 e. The van der Waals surface area contributed by atoms with Crippen LogP contribution < -0.4 is 10.2 Å². The summed E-state index contributed by atoms with van der Waals surface area (Å²) in [7, 11) is -1.84. The molecular formula is C17H27N3O4S. The van der Waals surface area contributed by atoms with Crippen molar-refractivity contribution in [2.24, 2.45) is 0 Å². The van der Waals surface area contributed by atoms with Crippen LogP contribution in [-0.4, -0.2) is 64.8 Å². The van der Waals surface area contributed by atoms with Gasteiger partial charge in [-0.1, -0.05) is 0 Å². The summed E-state index contributed by atoms with van der Waals surface area (Å²) in [4.78, 5) is 14.4. The molecule has 1 N–H and O–H groups in total. The van der Waals surface area contributed by atoms with Gasteiger partial charge in [0.15, 0.2) is 0 Å². The van der Waals surface area contributed by atoms with E-state index in [-0.39, 0.29) is 25.4 Å². The van der Waals surface area contributed by atoms with Gasteiger partial charge in [0.2, 0.25) is 15.9 Å². The summed E-state index contributed by atoms with van der Waals surface area (Å²) in [6.07, 6.45) is 3.68. The van der Waals surface area contributed by atoms with Crippen molar-refractivity contribution in [1.29, 1.82) is 0 Å². The van der Waals surface area contributed by atoms with E-state index in [1.807, 2.05) is 24.3 Å². The minimum absolute atomic E-state index is 0.102. The molecule has 7 nitrogen and oxygen atoms in total. The molecule has 1 aromatic carbocycles. The van der Waals surface area contributed by atoms with Crippen LogP contribution in [-0.2, 0) is 19.6 Å². The van der Waals surface area contributed by atoms with E-state index in [9.17, 15) is 13.2 Å². The highest BCUT2D eigenvalue weighted by atomic mass is 32.2. The van der Waals surface area contributed by atoms with Crippen LogP contribution in [0.2, 0.25) is 0 Å². The first-order chi connectivity index (χ1) is 11.9. The van der Waals surface area contributed by atoms with E-state index >= 15 is 0 Å². The highest BCUT2D eigenvalue weighted by Gasteiger charge is 2.17. The van der Waals surface area contributed by atoms with Crippen LogP contribution in [0.3, 0.4) is 0 Å². The first-order valence-electron chi connectivity index (χ1n) is 8.49. The van der Waals surface area contributed by atoms with Crippen molar-refractivity contribution in [2.45, 2.75) is 19.3 Å². The fourth-order valence-corrected chi connectivity index (χ4v) is 3.65. The second-order valence-electron chi connectivity index (χ2n) is 6.19. The zero-order chi connectivity index (χ0) is 18.3. The molecule has 140 valence electrons. The molecule has 0 aromatic heterocycles. The molecule has 1 fully saturated rings. The zero-order valence-corrected chi connectivity index (χ0v) is 15.7. The molecule has 1 heterocycles. The summed E-state index contributed by atoms with van der Waals surface area (Å²) < 4.78 is 29.6. The molecule has 1 saturated heterocycles. The second-order valence-corrected chi connectivity index (χ2v) is 8.18. The first kappa shape index (κ1) is 19.7. The average Bonchev–Trinajstić information content (AvgIpc) is 3.09. The maximum atomic E-state index is 12.1. The lowest BCUT2D eigenvalue weighted by molar-refractivity contribution is -0.116. The number of ether oxygens (including phenoxy) is 1. The van der Waals surface area contributed by atoms with Gasteiger partial charge in [-0.25, -0.2) is 8.42 Å². The van der Waals surface area contributed by atoms with Crippen molar-refractivity contribution in [2.75, 3.05) is 56.4 Å². The van der Waals surface area contributed by atoms with Gasteiger partial charge >= 0.3 is 0 Å². The van der Waals surface area contributed by atoms with Crippen LogP contribution in [0.5, 0.6) is 0 Å². The van der Waals surface area contributed by atoms with Gasteiger partial charge < -0.3 is 15.0 Å². The smallest absolute Gasteiger partial charge is 0.225 e. The number of amides is 1. The lowest BCUT2D eigenvalue weighted by atomic mass is 10.2. The highest BCUT2D eigenvalue weighted by Crippen LogP contribution is 2.22. The summed E-state index contributed by atoms with van der Waals surface area (Å²) in [6, 6.07) is 7.76. The molecule has 0 unspecified atom stereocenters. The Labute approximate surface area is 150 Å². The summed E-state index contributed by atoms with van der Waals surface area (Å²) in [5, 5.41) is 2.81. The highest BCUT2D eigenvalue weighted by molar-refractivity contribution is 7.88. The van der Waals surface area contributed by atoms with Crippen LogP contribution >= 0.6 is 0 Å². The second kappa shape index (κ2) is 9.17. The number of carbonyl (C=O) groups excluding carboxylic acids is 1. The Morgan fingerprint density at radius 3 is 2.40 bits per heavy atom. The van der Waals surface area contributed by atoms with Crippen molar-refractivity contribution in [3.05, 3.63) is 24.3 Å². The Balaban J connectivity index is 1.84. The molecule has 1 aromatic rings. The van der Waals surface area contributed by atoms with Crippen LogP contribution in [0.4, 0.5) is 11.4 Å². The third kappa shape index (κ3) is 6.30. The van der Waals surface area contributed by atoms with Crippen molar-refractivity contribution >= 4 is 27.3 Å². The van der Waals surface area contributed by atoms with Crippen LogP contribution in [0.1, 0.15) is 19.3 Å². The SMILES string of the molecule is COCCN(CCC(=O)Nc1ccc(N2CCCC2)cc1)S(C)(=O)=O. The van der Waals surface area contributed by atoms with Gasteiger partial charge in [-0.15, -0.1) is 0 Å². The van der Waals surface area contributed by atoms with E-state index in [4.69, 9.17) is 4.74 Å². The quantitative estimate of drug-likeness (QED) is 0.714. The number of anilines is 2. The Hall–Kier alpha value is -1.64. The van der Waals surface area contributed by atoms with E-state index in [2.05, 4.69) is 10.2 Å². The predicted molar refractivity (Wildman–Crippen MR) is 99.4 cm³/mol. The van der Waals surface area contributed by atoms with Gasteiger partial charge in [0, 0.05) is 51.1 Å². The summed E-state index contributed by atoms with van der Waals surface area (Å²) >= 11 is 0. The molecule has 2 rings (SSSR count). The molecule has 1 aliphatic rings. The molecule has 0 bridgehead atoms. The number of nitrogens with one attached hydrogen (secondary N) is 1. The molecule has 0 spiro atoms. The lowest BCUT2D eigenvalue weighted by Gasteiger charge is -2.19. The topological polar surface area (TPSA) is 79.0 Å². The molecule has 1 amide bonds. The largest absolute Gasteiger partial charge is 0.383 e. The number of nitrogens with zero attached hydrogens (tertiary/aromatic N) is 2. The van der Waals surface area contributed by atoms with Gasteiger partial charge in [-0.3, -0.25) is 4.79 Å². The summed E-state index contributed by atoms with van der Waals surface area (Å²) in [5.74, 6) is -0.208. The van der Waals surface area contributed by atoms with Gasteiger partial charge in [0.05, 0.1) is 12.9 Å². The molecule has 25 heavy (non-hydrogen) atoms. The average molecular weight is 369 g/mol. The van der Waals surface area contributed by atoms with E-state index in [0.29, 0.717) is 6.61 Å². The Bertz CT molecular complexity index is 655. The molecule has 1 aliphatic heterocycles. The Morgan fingerprint density at radius 2 is 1.84 bits per heavy atom. The minimum Gasteiger partial charge on any atom is -0.383 e. The van der Waals surface area contributed by atoms with Gasteiger partial charge in [0.25, 0.3) is 0 Å². The Morgan fingerprint density at radius 1 is 1.20 bits per heavy atom. The first-order valence-corrected chi connectivity index (χ1v) is 10.3. The number of rotatable bonds is 9. The number of benzene rings is 1. The number of methoxy groups -OCH3 is 1. The molecule has 0 radical (unpaired) electrons. The molecule has 0 saturated carbocycles. The van der Waals surface area contributed by atoms with E-state index < -0.39 is 10.0 Å². The van der Waals surface area contributed by atoms with Crippen LogP contribution in [0.25, 0.3) is 0 Å². The fourth-order valence-electron chi connectivity index (χ4n) is 2.82. The fraction of sp³-hybridized carbons (Fsp3) is 0.588. The lowest BCUT2D eigenvalue weighted by Crippen LogP contribution is -2.35. The monoisotopic (exact) mass is 369 g/mol. The Kier molecular flexibility index (Phi) is 7.22. The predicted octanol–water partition coefficient (Wildman–Crippen LogP) is 1.52. The van der Waals surface area contributed by atoms with E-state index in [1.54, 1.807) is 0 Å². The van der Waals surface area contributed by atoms with Crippen molar-refractivity contribution in [1.82, 2.24) is 4.31 Å². The normalized spacial score (nSPS) is 14.9. The standard InChI is InChI=1S/C17H27N3O4S/c1-24-14-13-20(25(2,22)23)12-9-17(21)18-15-5-7-16(8-6-15)19-10-3-4-11-19/h5-8H,3-4,9-14H2,1-2H3,(H,18,21). The van der Waals surface area contributed by atoms with Crippen LogP contribution in [0, 0.1) is 0 Å². The van der Waals surface area contributed by atoms with Crippen molar-refractivity contribution < 1.29 is 17.9 Å². The van der Waals surface area contributed by atoms with Gasteiger partial charge in [-0.2, -0.15) is 4.31 Å². The third-order valence-corrected chi connectivity index (χ3v) is 5.53. The molecule has 0 atom stereocenters. The maximum absolute atomic E-state index is 12.1. The van der Waals surface area contributed by atoms with E-state index in [1.165, 1.54) is 29.9 Å². The van der Waals surface area contributed by atoms with E-state index in [0.717, 1.165) is 25.0 Å². The van der Waals surface area contributed by atoms with Gasteiger partial charge in [0.1, 0.15) is 0 Å². The number of carbonyl (C=O) groups is 1. The number of hydrogen-bond acceptors (Lipinski definition) is 5.